The summed E-state index contributed by atoms with van der Waals surface area (Å²) < 4.78 is 31.2. The molecule has 1 aliphatic rings. The molecular formula is C25H28FN3O4. The highest BCUT2D eigenvalue weighted by molar-refractivity contribution is 6.00. The second-order valence-electron chi connectivity index (χ2n) is 8.57. The topological polar surface area (TPSA) is 85.5 Å². The number of amides is 1. The minimum Gasteiger partial charge on any atom is -0.493 e. The van der Waals surface area contributed by atoms with Crippen molar-refractivity contribution in [3.8, 4) is 22.8 Å². The molecule has 8 heteroatoms. The predicted molar refractivity (Wildman–Crippen MR) is 122 cm³/mol. The second-order valence-corrected chi connectivity index (χ2v) is 8.57. The summed E-state index contributed by atoms with van der Waals surface area (Å²) in [5.41, 5.74) is 3.87. The normalized spacial score (nSPS) is 13.4. The molecule has 0 saturated heterocycles. The Bertz CT molecular complexity index is 1170. The molecule has 0 aliphatic carbocycles. The number of benzene rings is 1. The van der Waals surface area contributed by atoms with Gasteiger partial charge in [-0.1, -0.05) is 12.1 Å². The number of ether oxygens (including phenoxy) is 3. The van der Waals surface area contributed by atoms with Gasteiger partial charge in [-0.2, -0.15) is 0 Å². The van der Waals surface area contributed by atoms with Gasteiger partial charge >= 0.3 is 0 Å². The quantitative estimate of drug-likeness (QED) is 0.540. The summed E-state index contributed by atoms with van der Waals surface area (Å²) in [7, 11) is 3.07. The monoisotopic (exact) mass is 453 g/mol. The summed E-state index contributed by atoms with van der Waals surface area (Å²) in [4.78, 5) is 20.5. The first-order chi connectivity index (χ1) is 15.8. The zero-order valence-corrected chi connectivity index (χ0v) is 19.3. The highest BCUT2D eigenvalue weighted by Gasteiger charge is 2.29. The van der Waals surface area contributed by atoms with E-state index in [4.69, 9.17) is 14.2 Å². The highest BCUT2D eigenvalue weighted by atomic mass is 19.1. The number of methoxy groups -OCH3 is 2. The van der Waals surface area contributed by atoms with Crippen LogP contribution < -0.4 is 14.8 Å². The molecule has 0 fully saturated rings. The molecule has 0 atom stereocenters. The molecule has 2 aromatic heterocycles. The first kappa shape index (κ1) is 22.8. The lowest BCUT2D eigenvalue weighted by molar-refractivity contribution is -0.0146. The molecule has 1 aliphatic heterocycles. The molecule has 0 radical (unpaired) electrons. The minimum atomic E-state index is -0.486. The molecule has 174 valence electrons. The van der Waals surface area contributed by atoms with Crippen molar-refractivity contribution < 1.29 is 23.4 Å². The van der Waals surface area contributed by atoms with E-state index in [0.717, 1.165) is 22.5 Å². The molecule has 0 bridgehead atoms. The summed E-state index contributed by atoms with van der Waals surface area (Å²) in [5.74, 6) is 0.137. The third kappa shape index (κ3) is 4.57. The molecule has 1 aromatic carbocycles. The number of pyridine rings is 1. The maximum absolute atomic E-state index is 14.4. The molecule has 4 rings (SSSR count). The second kappa shape index (κ2) is 9.23. The fraction of sp³-hybridized carbons (Fsp3) is 0.360. The largest absolute Gasteiger partial charge is 0.493 e. The first-order valence-corrected chi connectivity index (χ1v) is 10.8. The summed E-state index contributed by atoms with van der Waals surface area (Å²) in [6, 6.07) is 6.64. The molecule has 1 amide bonds. The van der Waals surface area contributed by atoms with E-state index in [1.54, 1.807) is 31.6 Å². The SMILES string of the molecule is COc1c(F)cccc1Cc1c(-c2ccncc2OCC(C)(C)OC)[nH]c2c1C(=O)NCC2. The number of carbonyl (C=O) groups is 1. The molecule has 7 nitrogen and oxygen atoms in total. The number of fused-ring (bicyclic) bond motifs is 1. The highest BCUT2D eigenvalue weighted by Crippen LogP contribution is 2.38. The number of nitrogens with one attached hydrogen (secondary N) is 2. The van der Waals surface area contributed by atoms with Crippen LogP contribution in [-0.4, -0.2) is 48.8 Å². The number of aromatic nitrogens is 2. The number of carbonyl (C=O) groups excluding carboxylic acids is 1. The smallest absolute Gasteiger partial charge is 0.253 e. The van der Waals surface area contributed by atoms with E-state index in [9.17, 15) is 9.18 Å². The molecule has 0 spiro atoms. The van der Waals surface area contributed by atoms with Crippen molar-refractivity contribution in [1.29, 1.82) is 0 Å². The van der Waals surface area contributed by atoms with Gasteiger partial charge in [0.25, 0.3) is 5.91 Å². The molecule has 33 heavy (non-hydrogen) atoms. The minimum absolute atomic E-state index is 0.152. The van der Waals surface area contributed by atoms with Crippen molar-refractivity contribution in [1.82, 2.24) is 15.3 Å². The average molecular weight is 454 g/mol. The number of halogens is 1. The van der Waals surface area contributed by atoms with Crippen LogP contribution in [0.3, 0.4) is 0 Å². The van der Waals surface area contributed by atoms with Crippen molar-refractivity contribution >= 4 is 5.91 Å². The summed E-state index contributed by atoms with van der Waals surface area (Å²) >= 11 is 0. The Hall–Kier alpha value is -3.39. The van der Waals surface area contributed by atoms with E-state index in [1.165, 1.54) is 13.2 Å². The fourth-order valence-corrected chi connectivity index (χ4v) is 3.98. The lowest BCUT2D eigenvalue weighted by Gasteiger charge is -2.23. The van der Waals surface area contributed by atoms with Gasteiger partial charge in [-0.15, -0.1) is 0 Å². The van der Waals surface area contributed by atoms with Crippen molar-refractivity contribution in [2.45, 2.75) is 32.3 Å². The van der Waals surface area contributed by atoms with Crippen molar-refractivity contribution in [3.05, 3.63) is 64.9 Å². The van der Waals surface area contributed by atoms with E-state index in [0.29, 0.717) is 42.9 Å². The number of H-pyrrole nitrogens is 1. The number of aromatic amines is 1. The van der Waals surface area contributed by atoms with Crippen LogP contribution in [0.25, 0.3) is 11.3 Å². The summed E-state index contributed by atoms with van der Waals surface area (Å²) in [5, 5.41) is 2.91. The van der Waals surface area contributed by atoms with Gasteiger partial charge in [0.05, 0.1) is 30.2 Å². The molecule has 3 aromatic rings. The standard InChI is InChI=1S/C25H28FN3O4/c1-25(2,32-4)14-33-20-13-27-10-8-16(20)22-17(21-19(29-22)9-11-28-24(21)30)12-15-6-5-7-18(26)23(15)31-3/h5-8,10,13,29H,9,11-12,14H2,1-4H3,(H,28,30). The van der Waals surface area contributed by atoms with Crippen molar-refractivity contribution in [3.63, 3.8) is 0 Å². The van der Waals surface area contributed by atoms with Gasteiger partial charge in [0.15, 0.2) is 11.6 Å². The van der Waals surface area contributed by atoms with Gasteiger partial charge in [0.2, 0.25) is 0 Å². The van der Waals surface area contributed by atoms with Gasteiger partial charge in [-0.05, 0) is 31.5 Å². The van der Waals surface area contributed by atoms with Gasteiger partial charge in [-0.3, -0.25) is 9.78 Å². The number of nitrogens with zero attached hydrogens (tertiary/aromatic N) is 1. The van der Waals surface area contributed by atoms with Gasteiger partial charge in [0.1, 0.15) is 12.4 Å². The zero-order valence-electron chi connectivity index (χ0n) is 19.3. The van der Waals surface area contributed by atoms with E-state index in [1.807, 2.05) is 19.9 Å². The summed E-state index contributed by atoms with van der Waals surface area (Å²) in [6.45, 7) is 4.73. The third-order valence-corrected chi connectivity index (χ3v) is 5.87. The molecule has 0 saturated carbocycles. The fourth-order valence-electron chi connectivity index (χ4n) is 3.98. The number of hydrogen-bond acceptors (Lipinski definition) is 5. The van der Waals surface area contributed by atoms with Crippen LogP contribution in [0, 0.1) is 5.82 Å². The van der Waals surface area contributed by atoms with E-state index >= 15 is 0 Å². The number of para-hydroxylation sites is 1. The Labute approximate surface area is 192 Å². The van der Waals surface area contributed by atoms with Crippen LogP contribution in [0.15, 0.2) is 36.7 Å². The Balaban J connectivity index is 1.83. The molecular weight excluding hydrogens is 425 g/mol. The number of hydrogen-bond donors (Lipinski definition) is 2. The van der Waals surface area contributed by atoms with Crippen molar-refractivity contribution in [2.24, 2.45) is 0 Å². The van der Waals surface area contributed by atoms with Crippen LogP contribution >= 0.6 is 0 Å². The molecule has 2 N–H and O–H groups in total. The molecule has 0 unspecified atom stereocenters. The third-order valence-electron chi connectivity index (χ3n) is 5.87. The van der Waals surface area contributed by atoms with E-state index in [-0.39, 0.29) is 11.7 Å². The number of rotatable bonds is 8. The summed E-state index contributed by atoms with van der Waals surface area (Å²) in [6.07, 6.45) is 4.30. The Morgan fingerprint density at radius 3 is 2.79 bits per heavy atom. The van der Waals surface area contributed by atoms with Gasteiger partial charge < -0.3 is 24.5 Å². The maximum Gasteiger partial charge on any atom is 0.253 e. The Kier molecular flexibility index (Phi) is 6.37. The molecule has 3 heterocycles. The van der Waals surface area contributed by atoms with Crippen LogP contribution in [0.2, 0.25) is 0 Å². The van der Waals surface area contributed by atoms with E-state index < -0.39 is 11.4 Å². The van der Waals surface area contributed by atoms with Gasteiger partial charge in [-0.25, -0.2) is 4.39 Å². The van der Waals surface area contributed by atoms with E-state index in [2.05, 4.69) is 15.3 Å². The maximum atomic E-state index is 14.4. The van der Waals surface area contributed by atoms with Crippen LogP contribution in [0.1, 0.15) is 41.0 Å². The zero-order chi connectivity index (χ0) is 23.6. The van der Waals surface area contributed by atoms with Crippen LogP contribution in [0.4, 0.5) is 4.39 Å². The average Bonchev–Trinajstić information content (AvgIpc) is 3.17. The Morgan fingerprint density at radius 1 is 1.21 bits per heavy atom. The first-order valence-electron chi connectivity index (χ1n) is 10.8. The van der Waals surface area contributed by atoms with Gasteiger partial charge in [0, 0.05) is 49.5 Å². The van der Waals surface area contributed by atoms with Crippen LogP contribution in [0.5, 0.6) is 11.5 Å². The predicted octanol–water partition coefficient (Wildman–Crippen LogP) is 3.90. The lowest BCUT2D eigenvalue weighted by atomic mass is 9.94. The Morgan fingerprint density at radius 2 is 2.03 bits per heavy atom. The lowest BCUT2D eigenvalue weighted by Crippen LogP contribution is -2.32. The van der Waals surface area contributed by atoms with Crippen molar-refractivity contribution in [2.75, 3.05) is 27.4 Å². The van der Waals surface area contributed by atoms with Crippen LogP contribution in [-0.2, 0) is 17.6 Å².